The Bertz CT molecular complexity index is 1040. The van der Waals surface area contributed by atoms with E-state index in [0.29, 0.717) is 22.1 Å². The van der Waals surface area contributed by atoms with Crippen molar-refractivity contribution in [3.63, 3.8) is 0 Å². The molecule has 2 heterocycles. The topological polar surface area (TPSA) is 158 Å². The molecule has 0 saturated heterocycles. The van der Waals surface area contributed by atoms with Gasteiger partial charge in [-0.2, -0.15) is 30.8 Å². The largest absolute Gasteiger partial charge is 0.478 e. The van der Waals surface area contributed by atoms with Gasteiger partial charge in [0.15, 0.2) is 0 Å². The lowest BCUT2D eigenvalue weighted by Gasteiger charge is -1.91. The van der Waals surface area contributed by atoms with Gasteiger partial charge in [0.2, 0.25) is 0 Å². The number of carboxylic acid groups (broad SMARTS) is 2. The molecular weight excluding hydrogens is 340 g/mol. The third-order valence-electron chi connectivity index (χ3n) is 3.14. The molecule has 4 rings (SSSR count). The molecule has 2 aromatic carbocycles. The Labute approximate surface area is 146 Å². The summed E-state index contributed by atoms with van der Waals surface area (Å²) in [6, 6.07) is 9.41. The van der Waals surface area contributed by atoms with Crippen molar-refractivity contribution in [3.8, 4) is 0 Å². The molecule has 0 radical (unpaired) electrons. The Morgan fingerprint density at radius 3 is 2.15 bits per heavy atom. The average Bonchev–Trinajstić information content (AvgIpc) is 3.31. The highest BCUT2D eigenvalue weighted by molar-refractivity contribution is 6.00. The zero-order valence-corrected chi connectivity index (χ0v) is 14.0. The first-order valence-corrected chi connectivity index (χ1v) is 7.63. The van der Waals surface area contributed by atoms with Crippen molar-refractivity contribution >= 4 is 34.0 Å². The average molecular weight is 356 g/mol. The molecule has 4 aromatic rings. The summed E-state index contributed by atoms with van der Waals surface area (Å²) in [6.45, 7) is 4.00. The van der Waals surface area contributed by atoms with Crippen molar-refractivity contribution < 1.29 is 19.8 Å². The highest BCUT2D eigenvalue weighted by atomic mass is 16.4. The number of para-hydroxylation sites is 1. The van der Waals surface area contributed by atoms with Crippen LogP contribution in [0.4, 0.5) is 0 Å². The Morgan fingerprint density at radius 2 is 1.46 bits per heavy atom. The minimum Gasteiger partial charge on any atom is -0.478 e. The lowest BCUT2D eigenvalue weighted by Crippen LogP contribution is -1.96. The first-order chi connectivity index (χ1) is 12.6. The van der Waals surface area contributed by atoms with E-state index in [1.54, 1.807) is 18.2 Å². The molecule has 0 amide bonds. The van der Waals surface area contributed by atoms with Gasteiger partial charge in [0.25, 0.3) is 0 Å². The number of aromatic carboxylic acids is 2. The van der Waals surface area contributed by atoms with Crippen LogP contribution >= 0.6 is 0 Å². The number of benzene rings is 2. The normalized spacial score (nSPS) is 9.77. The number of H-pyrrole nitrogens is 2. The van der Waals surface area contributed by atoms with Crippen LogP contribution in [-0.4, -0.2) is 53.0 Å². The number of carbonyl (C=O) groups is 2. The van der Waals surface area contributed by atoms with Crippen molar-refractivity contribution in [2.45, 2.75) is 13.8 Å². The summed E-state index contributed by atoms with van der Waals surface area (Å²) < 4.78 is 0. The quantitative estimate of drug-likeness (QED) is 0.426. The Kier molecular flexibility index (Phi) is 5.93. The molecule has 10 nitrogen and oxygen atoms in total. The van der Waals surface area contributed by atoms with Gasteiger partial charge in [-0.3, -0.25) is 0 Å². The summed E-state index contributed by atoms with van der Waals surface area (Å²) >= 11 is 0. The first-order valence-electron chi connectivity index (χ1n) is 7.63. The molecule has 0 aliphatic carbocycles. The van der Waals surface area contributed by atoms with E-state index in [1.807, 2.05) is 13.8 Å². The number of nitrogens with one attached hydrogen (secondary N) is 2. The van der Waals surface area contributed by atoms with Crippen LogP contribution in [0.25, 0.3) is 22.1 Å². The number of carboxylic acids is 2. The predicted molar refractivity (Wildman–Crippen MR) is 93.0 cm³/mol. The van der Waals surface area contributed by atoms with Crippen LogP contribution in [0.1, 0.15) is 34.6 Å². The molecule has 0 aliphatic heterocycles. The summed E-state index contributed by atoms with van der Waals surface area (Å²) in [5.74, 6) is -1.95. The summed E-state index contributed by atoms with van der Waals surface area (Å²) in [6.07, 6.45) is 0. The lowest BCUT2D eigenvalue weighted by atomic mass is 10.2. The van der Waals surface area contributed by atoms with Crippen LogP contribution in [0.3, 0.4) is 0 Å². The number of hydrogen-bond acceptors (Lipinski definition) is 6. The maximum atomic E-state index is 10.6. The Hall–Kier alpha value is -3.82. The second-order valence-corrected chi connectivity index (χ2v) is 4.63. The molecule has 26 heavy (non-hydrogen) atoms. The van der Waals surface area contributed by atoms with Crippen LogP contribution in [0, 0.1) is 0 Å². The molecule has 0 spiro atoms. The monoisotopic (exact) mass is 356 g/mol. The zero-order valence-electron chi connectivity index (χ0n) is 14.0. The van der Waals surface area contributed by atoms with Crippen molar-refractivity contribution in [1.82, 2.24) is 30.8 Å². The van der Waals surface area contributed by atoms with E-state index in [1.165, 1.54) is 18.2 Å². The molecule has 0 atom stereocenters. The van der Waals surface area contributed by atoms with Crippen molar-refractivity contribution in [2.24, 2.45) is 0 Å². The number of aromatic nitrogens is 6. The number of nitrogens with zero attached hydrogens (tertiary/aromatic N) is 4. The van der Waals surface area contributed by atoms with E-state index in [2.05, 4.69) is 30.8 Å². The van der Waals surface area contributed by atoms with Crippen LogP contribution in [0.15, 0.2) is 36.4 Å². The molecule has 134 valence electrons. The first kappa shape index (κ1) is 18.5. The standard InChI is InChI=1S/2C7H5N3O2.C2H6/c11-7(12)4-1-2-5-6(3-4)9-10-8-5;11-7(12)4-2-1-3-5-6(4)9-10-8-5;1-2/h2*1-3H,(H,11,12)(H,8,9,10);1-2H3. The lowest BCUT2D eigenvalue weighted by molar-refractivity contribution is 0.0687. The van der Waals surface area contributed by atoms with Gasteiger partial charge in [0.05, 0.1) is 11.1 Å². The van der Waals surface area contributed by atoms with E-state index < -0.39 is 11.9 Å². The molecule has 0 unspecified atom stereocenters. The molecule has 0 fully saturated rings. The van der Waals surface area contributed by atoms with Gasteiger partial charge in [-0.05, 0) is 30.3 Å². The minimum absolute atomic E-state index is 0.168. The van der Waals surface area contributed by atoms with Gasteiger partial charge in [-0.1, -0.05) is 19.9 Å². The number of fused-ring (bicyclic) bond motifs is 2. The highest BCUT2D eigenvalue weighted by Crippen LogP contribution is 2.12. The third kappa shape index (κ3) is 3.98. The molecule has 10 heteroatoms. The fraction of sp³-hybridized carbons (Fsp3) is 0.125. The summed E-state index contributed by atoms with van der Waals surface area (Å²) in [4.78, 5) is 21.1. The molecule has 0 saturated carbocycles. The van der Waals surface area contributed by atoms with E-state index in [0.717, 1.165) is 0 Å². The molecular formula is C16H16N6O4. The van der Waals surface area contributed by atoms with E-state index in [9.17, 15) is 9.59 Å². The summed E-state index contributed by atoms with van der Waals surface area (Å²) in [5.41, 5.74) is 2.58. The third-order valence-corrected chi connectivity index (χ3v) is 3.14. The molecule has 0 aliphatic rings. The SMILES string of the molecule is CC.O=C(O)c1ccc2n[nH]nc2c1.O=C(O)c1cccc2n[nH]nc12. The zero-order chi connectivity index (χ0) is 19.1. The van der Waals surface area contributed by atoms with Gasteiger partial charge in [0.1, 0.15) is 22.1 Å². The van der Waals surface area contributed by atoms with Crippen molar-refractivity contribution in [2.75, 3.05) is 0 Å². The number of aromatic amines is 2. The van der Waals surface area contributed by atoms with Gasteiger partial charge < -0.3 is 10.2 Å². The minimum atomic E-state index is -0.991. The van der Waals surface area contributed by atoms with Crippen LogP contribution < -0.4 is 0 Å². The van der Waals surface area contributed by atoms with Gasteiger partial charge in [-0.25, -0.2) is 9.59 Å². The van der Waals surface area contributed by atoms with Crippen molar-refractivity contribution in [1.29, 1.82) is 0 Å². The fourth-order valence-corrected chi connectivity index (χ4v) is 2.01. The fourth-order valence-electron chi connectivity index (χ4n) is 2.01. The van der Waals surface area contributed by atoms with Gasteiger partial charge >= 0.3 is 11.9 Å². The van der Waals surface area contributed by atoms with E-state index in [-0.39, 0.29) is 11.1 Å². The Balaban J connectivity index is 0.000000171. The van der Waals surface area contributed by atoms with Gasteiger partial charge in [0, 0.05) is 0 Å². The van der Waals surface area contributed by atoms with Crippen LogP contribution in [0.5, 0.6) is 0 Å². The van der Waals surface area contributed by atoms with E-state index in [4.69, 9.17) is 10.2 Å². The summed E-state index contributed by atoms with van der Waals surface area (Å²) in [7, 11) is 0. The number of rotatable bonds is 2. The molecule has 2 aromatic heterocycles. The van der Waals surface area contributed by atoms with E-state index >= 15 is 0 Å². The summed E-state index contributed by atoms with van der Waals surface area (Å²) in [5, 5.41) is 37.2. The Morgan fingerprint density at radius 1 is 0.808 bits per heavy atom. The second kappa shape index (κ2) is 8.33. The highest BCUT2D eigenvalue weighted by Gasteiger charge is 2.09. The molecule has 0 bridgehead atoms. The van der Waals surface area contributed by atoms with Gasteiger partial charge in [-0.15, -0.1) is 0 Å². The maximum absolute atomic E-state index is 10.6. The number of hydrogen-bond donors (Lipinski definition) is 4. The van der Waals surface area contributed by atoms with Crippen LogP contribution in [0.2, 0.25) is 0 Å². The maximum Gasteiger partial charge on any atom is 0.338 e. The smallest absolute Gasteiger partial charge is 0.338 e. The second-order valence-electron chi connectivity index (χ2n) is 4.63. The molecule has 4 N–H and O–H groups in total. The van der Waals surface area contributed by atoms with Crippen molar-refractivity contribution in [3.05, 3.63) is 47.5 Å². The predicted octanol–water partition coefficient (Wildman–Crippen LogP) is 2.34. The van der Waals surface area contributed by atoms with Crippen LogP contribution in [-0.2, 0) is 0 Å².